The van der Waals surface area contributed by atoms with Crippen LogP contribution >= 0.6 is 11.8 Å². The fourth-order valence-corrected chi connectivity index (χ4v) is 3.63. The van der Waals surface area contributed by atoms with E-state index < -0.39 is 30.7 Å². The number of H-pyrrole nitrogens is 1. The summed E-state index contributed by atoms with van der Waals surface area (Å²) in [6, 6.07) is 6.15. The Morgan fingerprint density at radius 3 is 2.83 bits per heavy atom. The molecule has 0 spiro atoms. The van der Waals surface area contributed by atoms with Gasteiger partial charge in [0, 0.05) is 22.9 Å². The second-order valence-corrected chi connectivity index (χ2v) is 6.26. The van der Waals surface area contributed by atoms with E-state index in [1.165, 1.54) is 22.9 Å². The van der Waals surface area contributed by atoms with Crippen molar-refractivity contribution in [3.63, 3.8) is 0 Å². The largest absolute Gasteiger partial charge is 0.454 e. The molecule has 1 aliphatic rings. The Labute approximate surface area is 139 Å². The minimum absolute atomic E-state index is 0.213. The van der Waals surface area contributed by atoms with Crippen LogP contribution in [-0.4, -0.2) is 52.2 Å². The lowest BCUT2D eigenvalue weighted by molar-refractivity contribution is -0.188. The number of amides is 1. The number of aromatic nitrogens is 1. The highest BCUT2D eigenvalue weighted by atomic mass is 32.2. The molecule has 1 fully saturated rings. The summed E-state index contributed by atoms with van der Waals surface area (Å²) in [6.07, 6.45) is -3.05. The van der Waals surface area contributed by atoms with Gasteiger partial charge in [-0.15, -0.1) is 11.8 Å². The Morgan fingerprint density at radius 2 is 2.08 bits per heavy atom. The highest BCUT2D eigenvalue weighted by molar-refractivity contribution is 7.99. The van der Waals surface area contributed by atoms with Gasteiger partial charge in [-0.1, -0.05) is 18.2 Å². The van der Waals surface area contributed by atoms with E-state index in [2.05, 4.69) is 9.72 Å². The molecule has 24 heavy (non-hydrogen) atoms. The van der Waals surface area contributed by atoms with Gasteiger partial charge >= 0.3 is 12.1 Å². The van der Waals surface area contributed by atoms with Gasteiger partial charge < -0.3 is 14.6 Å². The van der Waals surface area contributed by atoms with Crippen molar-refractivity contribution < 1.29 is 27.5 Å². The first-order valence-corrected chi connectivity index (χ1v) is 8.20. The molecule has 3 rings (SSSR count). The summed E-state index contributed by atoms with van der Waals surface area (Å²) in [5.41, 5.74) is 1.14. The minimum Gasteiger partial charge on any atom is -0.454 e. The standard InChI is InChI=1S/C15H13F3N2O3S/c16-15(17,18)7-23-14(22)12-6-24-8-20(12)13(21)10-5-19-11-4-2-1-3-9(10)11/h1-5,12,19H,6-8H2. The Morgan fingerprint density at radius 1 is 1.33 bits per heavy atom. The number of nitrogens with one attached hydrogen (secondary N) is 1. The van der Waals surface area contributed by atoms with Crippen LogP contribution in [-0.2, 0) is 9.53 Å². The van der Waals surface area contributed by atoms with E-state index in [0.29, 0.717) is 10.9 Å². The van der Waals surface area contributed by atoms with Gasteiger partial charge in [0.05, 0.1) is 11.4 Å². The number of alkyl halides is 3. The van der Waals surface area contributed by atoms with E-state index >= 15 is 0 Å². The lowest BCUT2D eigenvalue weighted by Gasteiger charge is -2.22. The van der Waals surface area contributed by atoms with Crippen molar-refractivity contribution in [1.82, 2.24) is 9.88 Å². The van der Waals surface area contributed by atoms with Crippen molar-refractivity contribution in [2.75, 3.05) is 18.2 Å². The van der Waals surface area contributed by atoms with Crippen LogP contribution in [0.1, 0.15) is 10.4 Å². The van der Waals surface area contributed by atoms with Gasteiger partial charge in [-0.3, -0.25) is 4.79 Å². The van der Waals surface area contributed by atoms with E-state index in [4.69, 9.17) is 0 Å². The third kappa shape index (κ3) is 3.35. The highest BCUT2D eigenvalue weighted by Gasteiger charge is 2.39. The van der Waals surface area contributed by atoms with Crippen molar-refractivity contribution in [3.8, 4) is 0 Å². The zero-order valence-corrected chi connectivity index (χ0v) is 13.1. The lowest BCUT2D eigenvalue weighted by atomic mass is 10.1. The molecular formula is C15H13F3N2O3S. The van der Waals surface area contributed by atoms with Crippen LogP contribution in [0, 0.1) is 0 Å². The predicted molar refractivity (Wildman–Crippen MR) is 82.6 cm³/mol. The van der Waals surface area contributed by atoms with Crippen LogP contribution < -0.4 is 0 Å². The van der Waals surface area contributed by atoms with Crippen LogP contribution in [0.3, 0.4) is 0 Å². The van der Waals surface area contributed by atoms with Crippen LogP contribution in [0.4, 0.5) is 13.2 Å². The van der Waals surface area contributed by atoms with Crippen molar-refractivity contribution >= 4 is 34.5 Å². The Kier molecular flexibility index (Phi) is 4.44. The van der Waals surface area contributed by atoms with Gasteiger partial charge in [-0.25, -0.2) is 4.79 Å². The zero-order valence-electron chi connectivity index (χ0n) is 12.3. The maximum absolute atomic E-state index is 12.7. The number of rotatable bonds is 3. The SMILES string of the molecule is O=C(OCC(F)(F)F)C1CSCN1C(=O)c1c[nH]c2ccccc12. The summed E-state index contributed by atoms with van der Waals surface area (Å²) in [6.45, 7) is -1.65. The molecule has 5 nitrogen and oxygen atoms in total. The Hall–Kier alpha value is -2.16. The van der Waals surface area contributed by atoms with Gasteiger partial charge in [-0.2, -0.15) is 13.2 Å². The van der Waals surface area contributed by atoms with Crippen LogP contribution in [0.25, 0.3) is 10.9 Å². The number of thioether (sulfide) groups is 1. The molecule has 0 bridgehead atoms. The van der Waals surface area contributed by atoms with E-state index in [0.717, 1.165) is 5.52 Å². The minimum atomic E-state index is -4.59. The molecule has 0 aliphatic carbocycles. The highest BCUT2D eigenvalue weighted by Crippen LogP contribution is 2.27. The average Bonchev–Trinajstić information content (AvgIpc) is 3.18. The van der Waals surface area contributed by atoms with Crippen LogP contribution in [0.2, 0.25) is 0 Å². The predicted octanol–water partition coefficient (Wildman–Crippen LogP) is 2.79. The maximum Gasteiger partial charge on any atom is 0.422 e. The fourth-order valence-electron chi connectivity index (χ4n) is 2.49. The molecule has 1 unspecified atom stereocenters. The molecule has 0 saturated carbocycles. The topological polar surface area (TPSA) is 62.4 Å². The summed E-state index contributed by atoms with van der Waals surface area (Å²) in [7, 11) is 0. The van der Waals surface area contributed by atoms with Crippen LogP contribution in [0.15, 0.2) is 30.5 Å². The van der Waals surface area contributed by atoms with Gasteiger partial charge in [0.15, 0.2) is 6.61 Å². The third-order valence-electron chi connectivity index (χ3n) is 3.61. The van der Waals surface area contributed by atoms with Crippen molar-refractivity contribution in [2.24, 2.45) is 0 Å². The van der Waals surface area contributed by atoms with Gasteiger partial charge in [0.1, 0.15) is 6.04 Å². The number of hydrogen-bond donors (Lipinski definition) is 1. The van der Waals surface area contributed by atoms with Gasteiger partial charge in [-0.05, 0) is 6.07 Å². The number of esters is 1. The molecule has 9 heteroatoms. The first-order valence-electron chi connectivity index (χ1n) is 7.05. The molecule has 128 valence electrons. The second kappa shape index (κ2) is 6.39. The van der Waals surface area contributed by atoms with E-state index in [9.17, 15) is 22.8 Å². The van der Waals surface area contributed by atoms with Gasteiger partial charge in [0.2, 0.25) is 0 Å². The number of para-hydroxylation sites is 1. The molecule has 0 radical (unpaired) electrons. The number of fused-ring (bicyclic) bond motifs is 1. The second-order valence-electron chi connectivity index (χ2n) is 5.26. The molecular weight excluding hydrogens is 345 g/mol. The van der Waals surface area contributed by atoms with Crippen molar-refractivity contribution in [2.45, 2.75) is 12.2 Å². The number of aromatic amines is 1. The van der Waals surface area contributed by atoms with E-state index in [-0.39, 0.29) is 11.6 Å². The zero-order chi connectivity index (χ0) is 17.3. The number of ether oxygens (including phenoxy) is 1. The summed E-state index contributed by atoms with van der Waals surface area (Å²) < 4.78 is 40.9. The number of hydrogen-bond acceptors (Lipinski definition) is 4. The summed E-state index contributed by atoms with van der Waals surface area (Å²) in [5.74, 6) is -1.01. The Balaban J connectivity index is 1.77. The number of benzene rings is 1. The van der Waals surface area contributed by atoms with E-state index in [1.807, 2.05) is 6.07 Å². The quantitative estimate of drug-likeness (QED) is 0.857. The van der Waals surface area contributed by atoms with Crippen molar-refractivity contribution in [1.29, 1.82) is 0 Å². The molecule has 1 aromatic heterocycles. The number of carbonyl (C=O) groups is 2. The smallest absolute Gasteiger partial charge is 0.422 e. The molecule has 2 aromatic rings. The monoisotopic (exact) mass is 358 g/mol. The summed E-state index contributed by atoms with van der Waals surface area (Å²) >= 11 is 1.30. The fraction of sp³-hybridized carbons (Fsp3) is 0.333. The molecule has 1 saturated heterocycles. The van der Waals surface area contributed by atoms with E-state index in [1.54, 1.807) is 18.2 Å². The molecule has 1 N–H and O–H groups in total. The normalized spacial score (nSPS) is 18.1. The van der Waals surface area contributed by atoms with Crippen molar-refractivity contribution in [3.05, 3.63) is 36.0 Å². The molecule has 1 aromatic carbocycles. The summed E-state index contributed by atoms with van der Waals surface area (Å²) in [5, 5.41) is 0.696. The lowest BCUT2D eigenvalue weighted by Crippen LogP contribution is -2.43. The number of carbonyl (C=O) groups excluding carboxylic acids is 2. The third-order valence-corrected chi connectivity index (χ3v) is 4.63. The Bertz CT molecular complexity index is 775. The first-order chi connectivity index (χ1) is 11.4. The van der Waals surface area contributed by atoms with Gasteiger partial charge in [0.25, 0.3) is 5.91 Å². The molecule has 1 atom stereocenters. The number of halogens is 3. The summed E-state index contributed by atoms with van der Waals surface area (Å²) in [4.78, 5) is 28.8. The molecule has 1 amide bonds. The molecule has 2 heterocycles. The average molecular weight is 358 g/mol. The number of nitrogens with zero attached hydrogens (tertiary/aromatic N) is 1. The van der Waals surface area contributed by atoms with Crippen LogP contribution in [0.5, 0.6) is 0 Å². The maximum atomic E-state index is 12.7. The first kappa shape index (κ1) is 16.7. The molecule has 1 aliphatic heterocycles.